The standard InChI is InChI=1S/C13H20N4O4.ClH/c1-9(2)5-10(6-14)15-12(18)8-16-7-11(17(20)21)3-4-13(16)19;/h3-4,7,9-10H,5-6,8,14H2,1-2H3,(H,15,18);1H. The van der Waals surface area contributed by atoms with Crippen LogP contribution in [0.5, 0.6) is 0 Å². The number of hydrogen-bond donors (Lipinski definition) is 2. The molecular weight excluding hydrogens is 312 g/mol. The fraction of sp³-hybridized carbons (Fsp3) is 0.538. The minimum Gasteiger partial charge on any atom is -0.351 e. The summed E-state index contributed by atoms with van der Waals surface area (Å²) in [4.78, 5) is 33.6. The number of nitrogens with zero attached hydrogens (tertiary/aromatic N) is 2. The Morgan fingerprint density at radius 1 is 1.45 bits per heavy atom. The highest BCUT2D eigenvalue weighted by Gasteiger charge is 2.14. The minimum atomic E-state index is -0.616. The van der Waals surface area contributed by atoms with Gasteiger partial charge in [0.25, 0.3) is 11.2 Å². The smallest absolute Gasteiger partial charge is 0.285 e. The number of carbonyl (C=O) groups is 1. The fourth-order valence-electron chi connectivity index (χ4n) is 1.96. The van der Waals surface area contributed by atoms with Gasteiger partial charge >= 0.3 is 0 Å². The van der Waals surface area contributed by atoms with Gasteiger partial charge in [-0.3, -0.25) is 24.3 Å². The van der Waals surface area contributed by atoms with Gasteiger partial charge in [-0.15, -0.1) is 12.4 Å². The number of halogens is 1. The Labute approximate surface area is 134 Å². The molecule has 0 radical (unpaired) electrons. The van der Waals surface area contributed by atoms with E-state index < -0.39 is 16.4 Å². The lowest BCUT2D eigenvalue weighted by Gasteiger charge is -2.19. The Bertz CT molecular complexity index is 573. The van der Waals surface area contributed by atoms with Crippen LogP contribution in [-0.4, -0.2) is 28.0 Å². The van der Waals surface area contributed by atoms with Crippen LogP contribution in [0.2, 0.25) is 0 Å². The maximum atomic E-state index is 11.9. The van der Waals surface area contributed by atoms with Crippen molar-refractivity contribution in [1.82, 2.24) is 9.88 Å². The van der Waals surface area contributed by atoms with Crippen LogP contribution in [0, 0.1) is 16.0 Å². The van der Waals surface area contributed by atoms with Crippen LogP contribution in [0.4, 0.5) is 5.69 Å². The quantitative estimate of drug-likeness (QED) is 0.561. The van der Waals surface area contributed by atoms with E-state index in [4.69, 9.17) is 5.73 Å². The van der Waals surface area contributed by atoms with Crippen molar-refractivity contribution in [2.24, 2.45) is 11.7 Å². The highest BCUT2D eigenvalue weighted by molar-refractivity contribution is 5.85. The molecule has 9 heteroatoms. The van der Waals surface area contributed by atoms with E-state index in [1.54, 1.807) is 0 Å². The molecule has 1 amide bonds. The zero-order valence-corrected chi connectivity index (χ0v) is 13.3. The Hall–Kier alpha value is -1.93. The van der Waals surface area contributed by atoms with Gasteiger partial charge in [-0.05, 0) is 12.3 Å². The molecule has 1 atom stereocenters. The van der Waals surface area contributed by atoms with Gasteiger partial charge in [0.2, 0.25) is 5.91 Å². The van der Waals surface area contributed by atoms with E-state index in [0.29, 0.717) is 12.5 Å². The Kier molecular flexibility index (Phi) is 8.36. The second-order valence-electron chi connectivity index (χ2n) is 5.24. The molecule has 0 spiro atoms. The predicted octanol–water partition coefficient (Wildman–Crippen LogP) is 0.668. The van der Waals surface area contributed by atoms with Crippen molar-refractivity contribution in [3.8, 4) is 0 Å². The van der Waals surface area contributed by atoms with E-state index in [9.17, 15) is 19.7 Å². The molecular formula is C13H21ClN4O4. The number of pyridine rings is 1. The van der Waals surface area contributed by atoms with Crippen molar-refractivity contribution in [2.45, 2.75) is 32.9 Å². The highest BCUT2D eigenvalue weighted by atomic mass is 35.5. The Morgan fingerprint density at radius 3 is 2.59 bits per heavy atom. The molecule has 22 heavy (non-hydrogen) atoms. The lowest BCUT2D eigenvalue weighted by molar-refractivity contribution is -0.385. The van der Waals surface area contributed by atoms with E-state index in [-0.39, 0.29) is 30.7 Å². The summed E-state index contributed by atoms with van der Waals surface area (Å²) in [6.07, 6.45) is 1.79. The third-order valence-corrected chi connectivity index (χ3v) is 2.90. The van der Waals surface area contributed by atoms with Gasteiger partial charge in [-0.2, -0.15) is 0 Å². The first-order valence-corrected chi connectivity index (χ1v) is 6.67. The molecule has 124 valence electrons. The number of nitrogens with one attached hydrogen (secondary N) is 1. The summed E-state index contributed by atoms with van der Waals surface area (Å²) in [5, 5.41) is 13.4. The van der Waals surface area contributed by atoms with Gasteiger partial charge < -0.3 is 11.1 Å². The third-order valence-electron chi connectivity index (χ3n) is 2.90. The predicted molar refractivity (Wildman–Crippen MR) is 85.0 cm³/mol. The summed E-state index contributed by atoms with van der Waals surface area (Å²) in [5.74, 6) is -0.0203. The van der Waals surface area contributed by atoms with Crippen LogP contribution in [0.1, 0.15) is 20.3 Å². The second kappa shape index (κ2) is 9.16. The topological polar surface area (TPSA) is 120 Å². The SMILES string of the molecule is CC(C)CC(CN)NC(=O)Cn1cc([N+](=O)[O-])ccc1=O.Cl. The molecule has 0 aliphatic carbocycles. The summed E-state index contributed by atoms with van der Waals surface area (Å²) >= 11 is 0. The lowest BCUT2D eigenvalue weighted by Crippen LogP contribution is -2.43. The normalized spacial score (nSPS) is 11.6. The molecule has 0 fully saturated rings. The number of nitrogens with two attached hydrogens (primary N) is 1. The van der Waals surface area contributed by atoms with E-state index >= 15 is 0 Å². The molecule has 3 N–H and O–H groups in total. The number of nitro groups is 1. The molecule has 0 aliphatic heterocycles. The summed E-state index contributed by atoms with van der Waals surface area (Å²) in [7, 11) is 0. The molecule has 8 nitrogen and oxygen atoms in total. The van der Waals surface area contributed by atoms with Crippen LogP contribution >= 0.6 is 12.4 Å². The minimum absolute atomic E-state index is 0. The van der Waals surface area contributed by atoms with Crippen molar-refractivity contribution in [2.75, 3.05) is 6.54 Å². The Morgan fingerprint density at radius 2 is 2.09 bits per heavy atom. The summed E-state index contributed by atoms with van der Waals surface area (Å²) in [6, 6.07) is 2.00. The van der Waals surface area contributed by atoms with Crippen LogP contribution in [0.3, 0.4) is 0 Å². The molecule has 1 unspecified atom stereocenters. The summed E-state index contributed by atoms with van der Waals surface area (Å²) in [6.45, 7) is 4.06. The maximum Gasteiger partial charge on any atom is 0.285 e. The van der Waals surface area contributed by atoms with Crippen LogP contribution in [0.15, 0.2) is 23.1 Å². The molecule has 1 heterocycles. The molecule has 0 saturated carbocycles. The van der Waals surface area contributed by atoms with E-state index in [1.165, 1.54) is 0 Å². The Balaban J connectivity index is 0.00000441. The zero-order valence-electron chi connectivity index (χ0n) is 12.5. The van der Waals surface area contributed by atoms with Gasteiger partial charge in [-0.1, -0.05) is 13.8 Å². The van der Waals surface area contributed by atoms with Crippen LogP contribution < -0.4 is 16.6 Å². The summed E-state index contributed by atoms with van der Waals surface area (Å²) < 4.78 is 1.01. The fourth-order valence-corrected chi connectivity index (χ4v) is 1.96. The van der Waals surface area contributed by atoms with Gasteiger partial charge in [0.1, 0.15) is 6.54 Å². The highest BCUT2D eigenvalue weighted by Crippen LogP contribution is 2.06. The second-order valence-corrected chi connectivity index (χ2v) is 5.24. The maximum absolute atomic E-state index is 11.9. The van der Waals surface area contributed by atoms with Gasteiger partial charge in [0.15, 0.2) is 0 Å². The molecule has 0 saturated heterocycles. The first kappa shape index (κ1) is 20.1. The molecule has 1 aromatic heterocycles. The number of hydrogen-bond acceptors (Lipinski definition) is 5. The van der Waals surface area contributed by atoms with Crippen molar-refractivity contribution >= 4 is 24.0 Å². The van der Waals surface area contributed by atoms with Gasteiger partial charge in [-0.25, -0.2) is 0 Å². The molecule has 0 bridgehead atoms. The van der Waals surface area contributed by atoms with Gasteiger partial charge in [0.05, 0.1) is 11.1 Å². The average molecular weight is 333 g/mol. The van der Waals surface area contributed by atoms with Crippen molar-refractivity contribution in [1.29, 1.82) is 0 Å². The molecule has 0 aliphatic rings. The summed E-state index contributed by atoms with van der Waals surface area (Å²) in [5.41, 5.74) is 4.88. The monoisotopic (exact) mass is 332 g/mol. The first-order chi connectivity index (χ1) is 9.83. The molecule has 1 aromatic rings. The van der Waals surface area contributed by atoms with Crippen LogP contribution in [-0.2, 0) is 11.3 Å². The lowest BCUT2D eigenvalue weighted by atomic mass is 10.0. The van der Waals surface area contributed by atoms with E-state index in [1.807, 2.05) is 13.8 Å². The van der Waals surface area contributed by atoms with Crippen molar-refractivity contribution < 1.29 is 9.72 Å². The van der Waals surface area contributed by atoms with E-state index in [0.717, 1.165) is 29.3 Å². The third kappa shape index (κ3) is 6.23. The number of amides is 1. The number of carbonyl (C=O) groups excluding carboxylic acids is 1. The zero-order chi connectivity index (χ0) is 16.0. The number of rotatable bonds is 7. The van der Waals surface area contributed by atoms with Crippen molar-refractivity contribution in [3.63, 3.8) is 0 Å². The molecule has 1 rings (SSSR count). The van der Waals surface area contributed by atoms with E-state index in [2.05, 4.69) is 5.32 Å². The molecule has 0 aromatic carbocycles. The van der Waals surface area contributed by atoms with Crippen molar-refractivity contribution in [3.05, 3.63) is 38.8 Å². The van der Waals surface area contributed by atoms with Crippen LogP contribution in [0.25, 0.3) is 0 Å². The average Bonchev–Trinajstić information content (AvgIpc) is 2.39. The largest absolute Gasteiger partial charge is 0.351 e. The first-order valence-electron chi connectivity index (χ1n) is 6.67. The van der Waals surface area contributed by atoms with Gasteiger partial charge in [0, 0.05) is 24.7 Å². The number of aromatic nitrogens is 1.